The Morgan fingerprint density at radius 2 is 2.07 bits per heavy atom. The van der Waals surface area contributed by atoms with Gasteiger partial charge in [0, 0.05) is 38.4 Å². The van der Waals surface area contributed by atoms with E-state index in [2.05, 4.69) is 41.0 Å². The Labute approximate surface area is 164 Å². The first kappa shape index (κ1) is 21.7. The lowest BCUT2D eigenvalue weighted by Crippen LogP contribution is -2.48. The summed E-state index contributed by atoms with van der Waals surface area (Å²) >= 11 is 0. The molecule has 1 aromatic rings. The van der Waals surface area contributed by atoms with E-state index in [-0.39, 0.29) is 6.10 Å². The van der Waals surface area contributed by atoms with Crippen molar-refractivity contribution in [3.8, 4) is 0 Å². The smallest absolute Gasteiger partial charge is 0.194 e. The average molecular weight is 379 g/mol. The second-order valence-electron chi connectivity index (χ2n) is 7.18. The lowest BCUT2D eigenvalue weighted by atomic mass is 10.1. The molecule has 2 heterocycles. The molecule has 0 spiro atoms. The van der Waals surface area contributed by atoms with Crippen molar-refractivity contribution in [3.63, 3.8) is 0 Å². The number of nitrogens with zero attached hydrogens (tertiary/aromatic N) is 5. The van der Waals surface area contributed by atoms with Crippen molar-refractivity contribution in [2.75, 3.05) is 52.4 Å². The summed E-state index contributed by atoms with van der Waals surface area (Å²) in [6.07, 6.45) is 7.53. The van der Waals surface area contributed by atoms with E-state index in [4.69, 9.17) is 9.73 Å². The van der Waals surface area contributed by atoms with Gasteiger partial charge in [-0.3, -0.25) is 9.67 Å². The Kier molecular flexibility index (Phi) is 9.62. The van der Waals surface area contributed by atoms with Crippen LogP contribution < -0.4 is 5.32 Å². The zero-order valence-electron chi connectivity index (χ0n) is 17.7. The van der Waals surface area contributed by atoms with Gasteiger partial charge in [-0.05, 0) is 45.8 Å². The molecular weight excluding hydrogens is 340 g/mol. The highest BCUT2D eigenvalue weighted by molar-refractivity contribution is 5.80. The molecule has 0 bridgehead atoms. The molecule has 1 aliphatic rings. The molecular formula is C20H38N6O. The highest BCUT2D eigenvalue weighted by Crippen LogP contribution is 2.21. The monoisotopic (exact) mass is 378 g/mol. The second kappa shape index (κ2) is 12.0. The van der Waals surface area contributed by atoms with Gasteiger partial charge in [0.1, 0.15) is 6.10 Å². The van der Waals surface area contributed by atoms with Crippen LogP contribution in [-0.2, 0) is 11.8 Å². The number of hydrogen-bond acceptors (Lipinski definition) is 4. The summed E-state index contributed by atoms with van der Waals surface area (Å²) in [6, 6.07) is 0. The van der Waals surface area contributed by atoms with Crippen LogP contribution in [0.3, 0.4) is 0 Å². The van der Waals surface area contributed by atoms with E-state index in [0.29, 0.717) is 6.61 Å². The summed E-state index contributed by atoms with van der Waals surface area (Å²) in [5, 5.41) is 7.73. The number of rotatable bonds is 10. The maximum absolute atomic E-state index is 5.96. The number of ether oxygens (including phenoxy) is 1. The van der Waals surface area contributed by atoms with E-state index in [1.54, 1.807) is 0 Å². The predicted octanol–water partition coefficient (Wildman–Crippen LogP) is 2.27. The van der Waals surface area contributed by atoms with Gasteiger partial charge in [0.2, 0.25) is 0 Å². The largest absolute Gasteiger partial charge is 0.370 e. The SMILES string of the molecule is CCCN(CCC)CCCN=C(NCC)N1CCOC(c2cnn(C)c2)C1. The average Bonchev–Trinajstić information content (AvgIpc) is 3.11. The van der Waals surface area contributed by atoms with E-state index in [0.717, 1.165) is 50.7 Å². The van der Waals surface area contributed by atoms with E-state index >= 15 is 0 Å². The molecule has 1 atom stereocenters. The molecule has 0 amide bonds. The molecule has 7 heteroatoms. The third-order valence-corrected chi connectivity index (χ3v) is 4.77. The summed E-state index contributed by atoms with van der Waals surface area (Å²) in [7, 11) is 1.94. The van der Waals surface area contributed by atoms with Crippen molar-refractivity contribution in [1.82, 2.24) is 24.9 Å². The van der Waals surface area contributed by atoms with Crippen LogP contribution in [0.1, 0.15) is 51.7 Å². The minimum Gasteiger partial charge on any atom is -0.370 e. The number of hydrogen-bond donors (Lipinski definition) is 1. The zero-order chi connectivity index (χ0) is 19.5. The van der Waals surface area contributed by atoms with Crippen LogP contribution in [0.25, 0.3) is 0 Å². The topological polar surface area (TPSA) is 57.9 Å². The maximum Gasteiger partial charge on any atom is 0.194 e. The van der Waals surface area contributed by atoms with Crippen LogP contribution in [0.2, 0.25) is 0 Å². The first-order valence-electron chi connectivity index (χ1n) is 10.5. The van der Waals surface area contributed by atoms with E-state index < -0.39 is 0 Å². The summed E-state index contributed by atoms with van der Waals surface area (Å²) in [6.45, 7) is 14.3. The van der Waals surface area contributed by atoms with Crippen molar-refractivity contribution in [3.05, 3.63) is 18.0 Å². The summed E-state index contributed by atoms with van der Waals surface area (Å²) in [4.78, 5) is 9.76. The molecule has 0 saturated carbocycles. The normalized spacial score (nSPS) is 18.3. The molecule has 0 aliphatic carbocycles. The molecule has 7 nitrogen and oxygen atoms in total. The van der Waals surface area contributed by atoms with Crippen molar-refractivity contribution in [1.29, 1.82) is 0 Å². The van der Waals surface area contributed by atoms with Gasteiger partial charge in [0.25, 0.3) is 0 Å². The fourth-order valence-corrected chi connectivity index (χ4v) is 3.52. The summed E-state index contributed by atoms with van der Waals surface area (Å²) < 4.78 is 7.79. The van der Waals surface area contributed by atoms with Crippen LogP contribution in [-0.4, -0.2) is 78.0 Å². The van der Waals surface area contributed by atoms with E-state index in [1.165, 1.54) is 25.9 Å². The lowest BCUT2D eigenvalue weighted by Gasteiger charge is -2.34. The molecule has 1 aliphatic heterocycles. The number of guanidine groups is 1. The number of morpholine rings is 1. The third-order valence-electron chi connectivity index (χ3n) is 4.77. The third kappa shape index (κ3) is 7.14. The number of nitrogens with one attached hydrogen (secondary N) is 1. The van der Waals surface area contributed by atoms with E-state index in [9.17, 15) is 0 Å². The summed E-state index contributed by atoms with van der Waals surface area (Å²) in [5.41, 5.74) is 1.13. The van der Waals surface area contributed by atoms with Crippen LogP contribution in [0.4, 0.5) is 0 Å². The van der Waals surface area contributed by atoms with Gasteiger partial charge in [0.05, 0.1) is 19.3 Å². The van der Waals surface area contributed by atoms with Crippen molar-refractivity contribution >= 4 is 5.96 Å². The highest BCUT2D eigenvalue weighted by atomic mass is 16.5. The maximum atomic E-state index is 5.96. The van der Waals surface area contributed by atoms with Crippen molar-refractivity contribution in [2.24, 2.45) is 12.0 Å². The molecule has 1 saturated heterocycles. The van der Waals surface area contributed by atoms with Gasteiger partial charge >= 0.3 is 0 Å². The fraction of sp³-hybridized carbons (Fsp3) is 0.800. The van der Waals surface area contributed by atoms with Crippen LogP contribution in [0.5, 0.6) is 0 Å². The predicted molar refractivity (Wildman–Crippen MR) is 111 cm³/mol. The van der Waals surface area contributed by atoms with Gasteiger partial charge in [-0.2, -0.15) is 5.10 Å². The molecule has 154 valence electrons. The van der Waals surface area contributed by atoms with Crippen LogP contribution in [0, 0.1) is 0 Å². The first-order chi connectivity index (χ1) is 13.2. The quantitative estimate of drug-likeness (QED) is 0.384. The standard InChI is InChI=1S/C20H38N6O/c1-5-10-25(11-6-2)12-8-9-22-20(21-7-3)26-13-14-27-19(17-26)18-15-23-24(4)16-18/h15-16,19H,5-14,17H2,1-4H3,(H,21,22). The van der Waals surface area contributed by atoms with Gasteiger partial charge in [-0.25, -0.2) is 0 Å². The van der Waals surface area contributed by atoms with Gasteiger partial charge in [-0.15, -0.1) is 0 Å². The van der Waals surface area contributed by atoms with Crippen LogP contribution in [0.15, 0.2) is 17.4 Å². The first-order valence-corrected chi connectivity index (χ1v) is 10.5. The molecule has 1 unspecified atom stereocenters. The molecule has 0 aromatic carbocycles. The van der Waals surface area contributed by atoms with Crippen molar-refractivity contribution < 1.29 is 4.74 Å². The fourth-order valence-electron chi connectivity index (χ4n) is 3.52. The highest BCUT2D eigenvalue weighted by Gasteiger charge is 2.25. The van der Waals surface area contributed by atoms with E-state index in [1.807, 2.05) is 24.1 Å². The van der Waals surface area contributed by atoms with Gasteiger partial charge < -0.3 is 19.9 Å². The minimum atomic E-state index is 0.0564. The molecule has 1 N–H and O–H groups in total. The zero-order valence-corrected chi connectivity index (χ0v) is 17.7. The lowest BCUT2D eigenvalue weighted by molar-refractivity contribution is -0.00804. The summed E-state index contributed by atoms with van der Waals surface area (Å²) in [5.74, 6) is 1.01. The number of aliphatic imine (C=N–C) groups is 1. The number of aromatic nitrogens is 2. The molecule has 0 radical (unpaired) electrons. The number of aryl methyl sites for hydroxylation is 1. The molecule has 1 aromatic heterocycles. The molecule has 27 heavy (non-hydrogen) atoms. The minimum absolute atomic E-state index is 0.0564. The Morgan fingerprint density at radius 1 is 1.30 bits per heavy atom. The van der Waals surface area contributed by atoms with Gasteiger partial charge in [-0.1, -0.05) is 13.8 Å². The molecule has 1 fully saturated rings. The van der Waals surface area contributed by atoms with Crippen LogP contribution >= 0.6 is 0 Å². The second-order valence-corrected chi connectivity index (χ2v) is 7.18. The Bertz CT molecular complexity index is 552. The Hall–Kier alpha value is -1.60. The molecule has 2 rings (SSSR count). The Morgan fingerprint density at radius 3 is 2.70 bits per heavy atom. The van der Waals surface area contributed by atoms with Crippen molar-refractivity contribution in [2.45, 2.75) is 46.1 Å². The van der Waals surface area contributed by atoms with Gasteiger partial charge in [0.15, 0.2) is 5.96 Å². The Balaban J connectivity index is 1.89.